The smallest absolute Gasteiger partial charge is 0.336 e. The van der Waals surface area contributed by atoms with E-state index in [0.717, 1.165) is 35.7 Å². The molecule has 0 bridgehead atoms. The van der Waals surface area contributed by atoms with Crippen LogP contribution in [0, 0.1) is 12.8 Å². The van der Waals surface area contributed by atoms with Crippen LogP contribution in [0.15, 0.2) is 6.07 Å². The van der Waals surface area contributed by atoms with Gasteiger partial charge in [-0.15, -0.1) is 11.3 Å². The molecule has 0 aromatic carbocycles. The number of hydrogen-bond acceptors (Lipinski definition) is 4. The number of nitrogens with one attached hydrogen (secondary N) is 1. The summed E-state index contributed by atoms with van der Waals surface area (Å²) in [7, 11) is 0. The summed E-state index contributed by atoms with van der Waals surface area (Å²) in [5.74, 6) is -0.271. The number of thiophene rings is 1. The third-order valence-electron chi connectivity index (χ3n) is 3.36. The van der Waals surface area contributed by atoms with Gasteiger partial charge < -0.3 is 16.2 Å². The van der Waals surface area contributed by atoms with Crippen molar-refractivity contribution in [3.63, 3.8) is 0 Å². The van der Waals surface area contributed by atoms with Crippen molar-refractivity contribution >= 4 is 17.3 Å². The van der Waals surface area contributed by atoms with Crippen LogP contribution in [-0.2, 0) is 0 Å². The monoisotopic (exact) mass is 254 g/mol. The molecule has 1 aromatic heterocycles. The number of rotatable bonds is 3. The van der Waals surface area contributed by atoms with Crippen molar-refractivity contribution in [2.45, 2.75) is 25.8 Å². The van der Waals surface area contributed by atoms with Crippen LogP contribution in [0.25, 0.3) is 0 Å². The van der Waals surface area contributed by atoms with E-state index in [-0.39, 0.29) is 0 Å². The lowest BCUT2D eigenvalue weighted by atomic mass is 9.94. The second kappa shape index (κ2) is 5.16. The van der Waals surface area contributed by atoms with Crippen molar-refractivity contribution in [1.29, 1.82) is 0 Å². The van der Waals surface area contributed by atoms with Gasteiger partial charge in [0.05, 0.1) is 5.56 Å². The first-order valence-corrected chi connectivity index (χ1v) is 6.70. The molecule has 0 amide bonds. The normalized spacial score (nSPS) is 24.8. The average Bonchev–Trinajstić information content (AvgIpc) is 2.71. The zero-order valence-corrected chi connectivity index (χ0v) is 10.7. The van der Waals surface area contributed by atoms with Crippen LogP contribution >= 0.6 is 11.3 Å². The van der Waals surface area contributed by atoms with E-state index in [1.165, 1.54) is 0 Å². The van der Waals surface area contributed by atoms with Crippen molar-refractivity contribution < 1.29 is 9.90 Å². The van der Waals surface area contributed by atoms with Crippen molar-refractivity contribution in [1.82, 2.24) is 5.32 Å². The third-order valence-corrected chi connectivity index (χ3v) is 4.52. The largest absolute Gasteiger partial charge is 0.478 e. The molecule has 1 fully saturated rings. The highest BCUT2D eigenvalue weighted by atomic mass is 32.1. The van der Waals surface area contributed by atoms with Gasteiger partial charge in [-0.1, -0.05) is 0 Å². The van der Waals surface area contributed by atoms with Gasteiger partial charge in [0.15, 0.2) is 0 Å². The zero-order valence-electron chi connectivity index (χ0n) is 9.90. The van der Waals surface area contributed by atoms with E-state index in [2.05, 4.69) is 5.32 Å². The van der Waals surface area contributed by atoms with Crippen molar-refractivity contribution in [3.8, 4) is 0 Å². The zero-order chi connectivity index (χ0) is 12.4. The summed E-state index contributed by atoms with van der Waals surface area (Å²) in [6.45, 7) is 3.52. The molecule has 2 unspecified atom stereocenters. The van der Waals surface area contributed by atoms with E-state index in [0.29, 0.717) is 17.5 Å². The van der Waals surface area contributed by atoms with Gasteiger partial charge in [0.25, 0.3) is 0 Å². The molecule has 17 heavy (non-hydrogen) atoms. The minimum absolute atomic E-state index is 0.301. The minimum Gasteiger partial charge on any atom is -0.478 e. The SMILES string of the molecule is Cc1sc(C2CCC(CN)CN2)cc1C(=O)O. The molecule has 4 nitrogen and oxygen atoms in total. The number of aryl methyl sites for hydroxylation is 1. The van der Waals surface area contributed by atoms with Crippen molar-refractivity contribution in [3.05, 3.63) is 21.4 Å². The molecule has 1 aliphatic rings. The molecule has 1 aromatic rings. The fraction of sp³-hybridized carbons (Fsp3) is 0.583. The number of aromatic carboxylic acids is 1. The van der Waals surface area contributed by atoms with Gasteiger partial charge in [-0.25, -0.2) is 4.79 Å². The Bertz CT molecular complexity index is 409. The van der Waals surface area contributed by atoms with Crippen molar-refractivity contribution in [2.75, 3.05) is 13.1 Å². The van der Waals surface area contributed by atoms with Gasteiger partial charge in [-0.2, -0.15) is 0 Å². The molecule has 0 saturated carbocycles. The Labute approximate surface area is 105 Å². The van der Waals surface area contributed by atoms with Crippen LogP contribution in [0.5, 0.6) is 0 Å². The summed E-state index contributed by atoms with van der Waals surface area (Å²) in [5, 5.41) is 12.5. The van der Waals surface area contributed by atoms with E-state index < -0.39 is 5.97 Å². The van der Waals surface area contributed by atoms with Crippen LogP contribution in [0.2, 0.25) is 0 Å². The maximum Gasteiger partial charge on any atom is 0.336 e. The molecule has 1 saturated heterocycles. The number of carbonyl (C=O) groups is 1. The number of hydrogen-bond donors (Lipinski definition) is 3. The Morgan fingerprint density at radius 2 is 2.41 bits per heavy atom. The summed E-state index contributed by atoms with van der Waals surface area (Å²) in [4.78, 5) is 13.0. The summed E-state index contributed by atoms with van der Waals surface area (Å²) >= 11 is 1.58. The predicted octanol–water partition coefficient (Wildman–Crippen LogP) is 1.75. The lowest BCUT2D eigenvalue weighted by molar-refractivity contribution is 0.0696. The fourth-order valence-electron chi connectivity index (χ4n) is 2.25. The van der Waals surface area contributed by atoms with Gasteiger partial charge in [0, 0.05) is 15.8 Å². The molecule has 0 spiro atoms. The summed E-state index contributed by atoms with van der Waals surface area (Å²) < 4.78 is 0. The van der Waals surface area contributed by atoms with Crippen molar-refractivity contribution in [2.24, 2.45) is 11.7 Å². The average molecular weight is 254 g/mol. The second-order valence-corrected chi connectivity index (χ2v) is 5.85. The Morgan fingerprint density at radius 3 is 2.88 bits per heavy atom. The topological polar surface area (TPSA) is 75.3 Å². The molecule has 0 radical (unpaired) electrons. The van der Waals surface area contributed by atoms with E-state index >= 15 is 0 Å². The minimum atomic E-state index is -0.833. The van der Waals surface area contributed by atoms with Gasteiger partial charge in [-0.05, 0) is 44.8 Å². The summed E-state index contributed by atoms with van der Waals surface area (Å²) in [6.07, 6.45) is 2.16. The number of nitrogens with two attached hydrogens (primary N) is 1. The van der Waals surface area contributed by atoms with Crippen LogP contribution < -0.4 is 11.1 Å². The Balaban J connectivity index is 2.08. The summed E-state index contributed by atoms with van der Waals surface area (Å²) in [5.41, 5.74) is 6.08. The second-order valence-electron chi connectivity index (χ2n) is 4.56. The number of carboxylic acids is 1. The van der Waals surface area contributed by atoms with Gasteiger partial charge in [0.2, 0.25) is 0 Å². The lowest BCUT2D eigenvalue weighted by Gasteiger charge is -2.28. The Kier molecular flexibility index (Phi) is 3.81. The molecular formula is C12H18N2O2S. The van der Waals surface area contributed by atoms with E-state index in [9.17, 15) is 4.79 Å². The third kappa shape index (κ3) is 2.68. The molecule has 2 rings (SSSR count). The van der Waals surface area contributed by atoms with Crippen LogP contribution in [0.1, 0.15) is 39.0 Å². The highest BCUT2D eigenvalue weighted by Crippen LogP contribution is 2.32. The van der Waals surface area contributed by atoms with Crippen LogP contribution in [0.4, 0.5) is 0 Å². The number of carboxylic acid groups (broad SMARTS) is 1. The van der Waals surface area contributed by atoms with E-state index in [4.69, 9.17) is 10.8 Å². The first-order valence-electron chi connectivity index (χ1n) is 5.89. The number of piperidine rings is 1. The Morgan fingerprint density at radius 1 is 1.65 bits per heavy atom. The van der Waals surface area contributed by atoms with Gasteiger partial charge >= 0.3 is 5.97 Å². The molecule has 94 valence electrons. The molecular weight excluding hydrogens is 236 g/mol. The molecule has 2 heterocycles. The fourth-order valence-corrected chi connectivity index (χ4v) is 3.38. The Hall–Kier alpha value is -0.910. The molecule has 4 N–H and O–H groups in total. The molecule has 0 aliphatic carbocycles. The van der Waals surface area contributed by atoms with Crippen LogP contribution in [-0.4, -0.2) is 24.2 Å². The standard InChI is InChI=1S/C12H18N2O2S/c1-7-9(12(15)16)4-11(17-7)10-3-2-8(5-13)6-14-10/h4,8,10,14H,2-3,5-6,13H2,1H3,(H,15,16). The van der Waals surface area contributed by atoms with Crippen LogP contribution in [0.3, 0.4) is 0 Å². The first kappa shape index (κ1) is 12.5. The quantitative estimate of drug-likeness (QED) is 0.768. The summed E-state index contributed by atoms with van der Waals surface area (Å²) in [6, 6.07) is 2.11. The first-order chi connectivity index (χ1) is 8.11. The highest BCUT2D eigenvalue weighted by molar-refractivity contribution is 7.12. The molecule has 1 aliphatic heterocycles. The highest BCUT2D eigenvalue weighted by Gasteiger charge is 2.23. The molecule has 2 atom stereocenters. The van der Waals surface area contributed by atoms with E-state index in [1.54, 1.807) is 11.3 Å². The maximum absolute atomic E-state index is 11.0. The van der Waals surface area contributed by atoms with Gasteiger partial charge in [0.1, 0.15) is 0 Å². The van der Waals surface area contributed by atoms with Gasteiger partial charge in [-0.3, -0.25) is 0 Å². The predicted molar refractivity (Wildman–Crippen MR) is 68.5 cm³/mol. The lowest BCUT2D eigenvalue weighted by Crippen LogP contribution is -2.36. The van der Waals surface area contributed by atoms with E-state index in [1.807, 2.05) is 13.0 Å². The maximum atomic E-state index is 11.0. The molecule has 5 heteroatoms.